The maximum absolute atomic E-state index is 14.0. The van der Waals surface area contributed by atoms with Crippen molar-refractivity contribution in [3.05, 3.63) is 76.5 Å². The largest absolute Gasteiger partial charge is 0.366 e. The van der Waals surface area contributed by atoms with E-state index in [9.17, 15) is 13.6 Å². The average Bonchev–Trinajstić information content (AvgIpc) is 3.18. The number of rotatable bonds is 3. The molecular weight excluding hydrogens is 366 g/mol. The van der Waals surface area contributed by atoms with Crippen LogP contribution >= 0.6 is 11.3 Å². The number of anilines is 1. The Kier molecular flexibility index (Phi) is 4.90. The second kappa shape index (κ2) is 7.48. The van der Waals surface area contributed by atoms with Crippen molar-refractivity contribution in [3.63, 3.8) is 0 Å². The van der Waals surface area contributed by atoms with E-state index in [1.165, 1.54) is 29.5 Å². The lowest BCUT2D eigenvalue weighted by atomic mass is 10.1. The summed E-state index contributed by atoms with van der Waals surface area (Å²) in [7, 11) is 0. The Balaban J connectivity index is 1.48. The summed E-state index contributed by atoms with van der Waals surface area (Å²) in [6, 6.07) is 14.8. The van der Waals surface area contributed by atoms with Crippen LogP contribution in [-0.4, -0.2) is 37.0 Å². The van der Waals surface area contributed by atoms with Crippen molar-refractivity contribution < 1.29 is 13.6 Å². The summed E-state index contributed by atoms with van der Waals surface area (Å²) in [6.07, 6.45) is 0. The average molecular weight is 384 g/mol. The van der Waals surface area contributed by atoms with Crippen LogP contribution in [0.2, 0.25) is 0 Å². The predicted molar refractivity (Wildman–Crippen MR) is 104 cm³/mol. The molecule has 1 aliphatic rings. The van der Waals surface area contributed by atoms with Gasteiger partial charge in [-0.25, -0.2) is 8.78 Å². The molecule has 1 saturated heterocycles. The van der Waals surface area contributed by atoms with Crippen LogP contribution in [0.3, 0.4) is 0 Å². The molecule has 0 atom stereocenters. The molecule has 3 nitrogen and oxygen atoms in total. The Labute approximate surface area is 160 Å². The molecule has 27 heavy (non-hydrogen) atoms. The number of halogens is 2. The van der Waals surface area contributed by atoms with Gasteiger partial charge in [-0.3, -0.25) is 4.79 Å². The molecule has 0 aliphatic carbocycles. The Hall–Kier alpha value is -2.73. The lowest BCUT2D eigenvalue weighted by molar-refractivity contribution is 0.0752. The van der Waals surface area contributed by atoms with E-state index in [0.717, 1.165) is 11.1 Å². The smallest absolute Gasteiger partial charge is 0.264 e. The molecule has 2 aromatic carbocycles. The standard InChI is InChI=1S/C21H18F2N2OS/c22-16-7-5-15(6-8-16)17-9-14-27-20(17)21(26)25-12-10-24(11-13-25)19-4-2-1-3-18(19)23/h1-9,14H,10-13H2. The molecule has 3 aromatic rings. The van der Waals surface area contributed by atoms with Crippen LogP contribution in [0, 0.1) is 11.6 Å². The van der Waals surface area contributed by atoms with E-state index in [1.54, 1.807) is 29.2 Å². The third kappa shape index (κ3) is 3.57. The van der Waals surface area contributed by atoms with Gasteiger partial charge in [0.15, 0.2) is 0 Å². The highest BCUT2D eigenvalue weighted by Gasteiger charge is 2.26. The summed E-state index contributed by atoms with van der Waals surface area (Å²) in [4.78, 5) is 17.4. The highest BCUT2D eigenvalue weighted by atomic mass is 32.1. The first-order valence-electron chi connectivity index (χ1n) is 8.75. The molecule has 2 heterocycles. The summed E-state index contributed by atoms with van der Waals surface area (Å²) in [6.45, 7) is 2.25. The third-order valence-electron chi connectivity index (χ3n) is 4.77. The molecule has 0 radical (unpaired) electrons. The molecular formula is C21H18F2N2OS. The van der Waals surface area contributed by atoms with E-state index in [2.05, 4.69) is 0 Å². The molecule has 138 valence electrons. The normalized spacial score (nSPS) is 14.4. The topological polar surface area (TPSA) is 23.6 Å². The van der Waals surface area contributed by atoms with E-state index >= 15 is 0 Å². The van der Waals surface area contributed by atoms with Gasteiger partial charge >= 0.3 is 0 Å². The highest BCUT2D eigenvalue weighted by molar-refractivity contribution is 7.12. The number of hydrogen-bond donors (Lipinski definition) is 0. The molecule has 0 bridgehead atoms. The number of benzene rings is 2. The number of carbonyl (C=O) groups is 1. The lowest BCUT2D eigenvalue weighted by Gasteiger charge is -2.36. The van der Waals surface area contributed by atoms with E-state index in [-0.39, 0.29) is 17.5 Å². The van der Waals surface area contributed by atoms with Gasteiger partial charge in [-0.1, -0.05) is 24.3 Å². The zero-order valence-electron chi connectivity index (χ0n) is 14.6. The molecule has 1 fully saturated rings. The van der Waals surface area contributed by atoms with Gasteiger partial charge in [-0.05, 0) is 41.3 Å². The van der Waals surface area contributed by atoms with Gasteiger partial charge in [0, 0.05) is 31.7 Å². The summed E-state index contributed by atoms with van der Waals surface area (Å²) in [5.74, 6) is -0.572. The lowest BCUT2D eigenvalue weighted by Crippen LogP contribution is -2.49. The van der Waals surface area contributed by atoms with Crippen molar-refractivity contribution in [2.24, 2.45) is 0 Å². The van der Waals surface area contributed by atoms with Gasteiger partial charge in [0.1, 0.15) is 11.6 Å². The first-order valence-corrected chi connectivity index (χ1v) is 9.63. The fraction of sp³-hybridized carbons (Fsp3) is 0.190. The van der Waals surface area contributed by atoms with Crippen molar-refractivity contribution in [1.82, 2.24) is 4.90 Å². The van der Waals surface area contributed by atoms with Crippen molar-refractivity contribution in [2.75, 3.05) is 31.1 Å². The quantitative estimate of drug-likeness (QED) is 0.656. The van der Waals surface area contributed by atoms with Crippen LogP contribution < -0.4 is 4.90 Å². The molecule has 1 aromatic heterocycles. The Bertz CT molecular complexity index is 947. The number of nitrogens with zero attached hydrogens (tertiary/aromatic N) is 2. The van der Waals surface area contributed by atoms with E-state index in [1.807, 2.05) is 22.4 Å². The number of thiophene rings is 1. The second-order valence-electron chi connectivity index (χ2n) is 6.40. The number of hydrogen-bond acceptors (Lipinski definition) is 3. The van der Waals surface area contributed by atoms with Gasteiger partial charge in [-0.2, -0.15) is 0 Å². The fourth-order valence-corrected chi connectivity index (χ4v) is 4.22. The van der Waals surface area contributed by atoms with Crippen molar-refractivity contribution in [2.45, 2.75) is 0 Å². The van der Waals surface area contributed by atoms with Crippen LogP contribution in [0.4, 0.5) is 14.5 Å². The van der Waals surface area contributed by atoms with Gasteiger partial charge in [0.05, 0.1) is 10.6 Å². The van der Waals surface area contributed by atoms with Crippen molar-refractivity contribution in [1.29, 1.82) is 0 Å². The minimum Gasteiger partial charge on any atom is -0.366 e. The number of para-hydroxylation sites is 1. The van der Waals surface area contributed by atoms with Crippen molar-refractivity contribution in [3.8, 4) is 11.1 Å². The highest BCUT2D eigenvalue weighted by Crippen LogP contribution is 2.30. The first kappa shape index (κ1) is 17.7. The first-order chi connectivity index (χ1) is 13.1. The second-order valence-corrected chi connectivity index (χ2v) is 7.32. The Morgan fingerprint density at radius 2 is 1.59 bits per heavy atom. The van der Waals surface area contributed by atoms with Crippen LogP contribution in [0.15, 0.2) is 60.0 Å². The van der Waals surface area contributed by atoms with E-state index in [4.69, 9.17) is 0 Å². The molecule has 1 aliphatic heterocycles. The molecule has 4 rings (SSSR count). The molecule has 0 N–H and O–H groups in total. The zero-order valence-corrected chi connectivity index (χ0v) is 15.4. The molecule has 0 unspecified atom stereocenters. The Morgan fingerprint density at radius 3 is 2.30 bits per heavy atom. The van der Waals surface area contributed by atoms with E-state index < -0.39 is 0 Å². The number of amides is 1. The van der Waals surface area contributed by atoms with Crippen LogP contribution in [0.25, 0.3) is 11.1 Å². The summed E-state index contributed by atoms with van der Waals surface area (Å²) in [5.41, 5.74) is 2.22. The van der Waals surface area contributed by atoms with Gasteiger partial charge in [0.2, 0.25) is 0 Å². The van der Waals surface area contributed by atoms with E-state index in [0.29, 0.717) is 36.7 Å². The van der Waals surface area contributed by atoms with Crippen LogP contribution in [-0.2, 0) is 0 Å². The summed E-state index contributed by atoms with van der Waals surface area (Å²) in [5, 5.41) is 1.88. The Morgan fingerprint density at radius 1 is 0.889 bits per heavy atom. The number of carbonyl (C=O) groups excluding carboxylic acids is 1. The van der Waals surface area contributed by atoms with Crippen molar-refractivity contribution >= 4 is 22.9 Å². The predicted octanol–water partition coefficient (Wildman–Crippen LogP) is 4.66. The van der Waals surface area contributed by atoms with Gasteiger partial charge in [-0.15, -0.1) is 11.3 Å². The molecule has 1 amide bonds. The maximum Gasteiger partial charge on any atom is 0.264 e. The molecule has 0 spiro atoms. The fourth-order valence-electron chi connectivity index (χ4n) is 3.33. The summed E-state index contributed by atoms with van der Waals surface area (Å²) >= 11 is 1.39. The summed E-state index contributed by atoms with van der Waals surface area (Å²) < 4.78 is 27.2. The minimum atomic E-state index is -0.300. The third-order valence-corrected chi connectivity index (χ3v) is 5.68. The molecule has 6 heteroatoms. The maximum atomic E-state index is 14.0. The number of piperazine rings is 1. The zero-order chi connectivity index (χ0) is 18.8. The van der Waals surface area contributed by atoms with Crippen LogP contribution in [0.1, 0.15) is 9.67 Å². The monoisotopic (exact) mass is 384 g/mol. The van der Waals surface area contributed by atoms with Crippen LogP contribution in [0.5, 0.6) is 0 Å². The SMILES string of the molecule is O=C(c1sccc1-c1ccc(F)cc1)N1CCN(c2ccccc2F)CC1. The van der Waals surface area contributed by atoms with Gasteiger partial charge < -0.3 is 9.80 Å². The minimum absolute atomic E-state index is 0.0301. The van der Waals surface area contributed by atoms with Gasteiger partial charge in [0.25, 0.3) is 5.91 Å². The molecule has 0 saturated carbocycles.